The Morgan fingerprint density at radius 2 is 1.95 bits per heavy atom. The highest BCUT2D eigenvalue weighted by Crippen LogP contribution is 2.36. The van der Waals surface area contributed by atoms with Gasteiger partial charge in [-0.1, -0.05) is 54.9 Å². The lowest BCUT2D eigenvalue weighted by molar-refractivity contribution is 0.103. The average molecular weight is 330 g/mol. The predicted molar refractivity (Wildman–Crippen MR) is 95.3 cm³/mol. The number of para-hydroxylation sites is 1. The largest absolute Gasteiger partial charge is 0.321 e. The van der Waals surface area contributed by atoms with Crippen molar-refractivity contribution in [2.24, 2.45) is 0 Å². The smallest absolute Gasteiger partial charge is 0.267 e. The summed E-state index contributed by atoms with van der Waals surface area (Å²) in [5.74, 6) is -0.143. The second kappa shape index (κ2) is 6.11. The van der Waals surface area contributed by atoms with Crippen LogP contribution in [0.4, 0.5) is 5.69 Å². The standard InChI is InChI=1S/C18H16ClNOS/c1-3-12-8-6-7-11(2)16(12)20-18(21)17-15(19)13-9-4-5-10-14(13)22-17/h4-10H,3H2,1-2H3,(H,20,21). The summed E-state index contributed by atoms with van der Waals surface area (Å²) in [7, 11) is 0. The van der Waals surface area contributed by atoms with E-state index in [0.717, 1.165) is 33.3 Å². The predicted octanol–water partition coefficient (Wildman–Crippen LogP) is 5.68. The van der Waals surface area contributed by atoms with Crippen LogP contribution in [0, 0.1) is 6.92 Å². The molecule has 1 aromatic heterocycles. The van der Waals surface area contributed by atoms with E-state index in [2.05, 4.69) is 12.2 Å². The van der Waals surface area contributed by atoms with Crippen molar-refractivity contribution in [3.8, 4) is 0 Å². The van der Waals surface area contributed by atoms with Gasteiger partial charge in [0, 0.05) is 15.8 Å². The second-order valence-electron chi connectivity index (χ2n) is 5.16. The van der Waals surface area contributed by atoms with E-state index in [1.807, 2.05) is 49.4 Å². The molecular weight excluding hydrogens is 314 g/mol. The number of thiophene rings is 1. The molecule has 3 aromatic rings. The third-order valence-corrected chi connectivity index (χ3v) is 5.39. The number of aryl methyl sites for hydroxylation is 2. The minimum atomic E-state index is -0.143. The highest BCUT2D eigenvalue weighted by Gasteiger charge is 2.18. The van der Waals surface area contributed by atoms with Gasteiger partial charge in [-0.05, 0) is 30.5 Å². The molecule has 1 heterocycles. The van der Waals surface area contributed by atoms with E-state index >= 15 is 0 Å². The van der Waals surface area contributed by atoms with E-state index in [1.165, 1.54) is 11.3 Å². The van der Waals surface area contributed by atoms with Gasteiger partial charge in [-0.25, -0.2) is 0 Å². The van der Waals surface area contributed by atoms with Gasteiger partial charge in [-0.15, -0.1) is 11.3 Å². The van der Waals surface area contributed by atoms with Gasteiger partial charge < -0.3 is 5.32 Å². The molecule has 0 spiro atoms. The van der Waals surface area contributed by atoms with Crippen LogP contribution < -0.4 is 5.32 Å². The molecule has 3 rings (SSSR count). The van der Waals surface area contributed by atoms with Crippen LogP contribution >= 0.6 is 22.9 Å². The maximum atomic E-state index is 12.6. The highest BCUT2D eigenvalue weighted by atomic mass is 35.5. The van der Waals surface area contributed by atoms with Crippen LogP contribution in [-0.2, 0) is 6.42 Å². The molecule has 0 aliphatic heterocycles. The SMILES string of the molecule is CCc1cccc(C)c1NC(=O)c1sc2ccccc2c1Cl. The van der Waals surface area contributed by atoms with Gasteiger partial charge in [0.2, 0.25) is 0 Å². The summed E-state index contributed by atoms with van der Waals surface area (Å²) < 4.78 is 1.03. The zero-order valence-corrected chi connectivity index (χ0v) is 14.0. The lowest BCUT2D eigenvalue weighted by atomic mass is 10.1. The number of hydrogen-bond donors (Lipinski definition) is 1. The first-order valence-corrected chi connectivity index (χ1v) is 8.38. The first kappa shape index (κ1) is 15.1. The van der Waals surface area contributed by atoms with Gasteiger partial charge in [0.25, 0.3) is 5.91 Å². The van der Waals surface area contributed by atoms with Gasteiger partial charge in [0.15, 0.2) is 0 Å². The molecule has 22 heavy (non-hydrogen) atoms. The van der Waals surface area contributed by atoms with Gasteiger partial charge >= 0.3 is 0 Å². The topological polar surface area (TPSA) is 29.1 Å². The molecule has 112 valence electrons. The average Bonchev–Trinajstić information content (AvgIpc) is 2.87. The normalized spacial score (nSPS) is 10.9. The fraction of sp³-hybridized carbons (Fsp3) is 0.167. The lowest BCUT2D eigenvalue weighted by Gasteiger charge is -2.12. The number of fused-ring (bicyclic) bond motifs is 1. The molecule has 2 aromatic carbocycles. The third kappa shape index (κ3) is 2.62. The van der Waals surface area contributed by atoms with Crippen LogP contribution in [0.5, 0.6) is 0 Å². The van der Waals surface area contributed by atoms with Crippen LogP contribution in [-0.4, -0.2) is 5.91 Å². The van der Waals surface area contributed by atoms with Crippen molar-refractivity contribution in [1.82, 2.24) is 0 Å². The summed E-state index contributed by atoms with van der Waals surface area (Å²) in [6.45, 7) is 4.08. The Kier molecular flexibility index (Phi) is 4.19. The number of amides is 1. The zero-order chi connectivity index (χ0) is 15.7. The summed E-state index contributed by atoms with van der Waals surface area (Å²) in [5.41, 5.74) is 3.08. The number of anilines is 1. The number of benzene rings is 2. The minimum absolute atomic E-state index is 0.143. The Balaban J connectivity index is 1.99. The summed E-state index contributed by atoms with van der Waals surface area (Å²) in [5, 5.41) is 4.50. The number of nitrogens with one attached hydrogen (secondary N) is 1. The van der Waals surface area contributed by atoms with E-state index in [-0.39, 0.29) is 5.91 Å². The van der Waals surface area contributed by atoms with E-state index in [9.17, 15) is 4.79 Å². The maximum Gasteiger partial charge on any atom is 0.267 e. The van der Waals surface area contributed by atoms with Crippen molar-refractivity contribution in [3.63, 3.8) is 0 Å². The minimum Gasteiger partial charge on any atom is -0.321 e. The lowest BCUT2D eigenvalue weighted by Crippen LogP contribution is -2.13. The Morgan fingerprint density at radius 1 is 1.18 bits per heavy atom. The van der Waals surface area contributed by atoms with Crippen LogP contribution in [0.2, 0.25) is 5.02 Å². The fourth-order valence-electron chi connectivity index (χ4n) is 2.53. The van der Waals surface area contributed by atoms with Gasteiger partial charge in [-0.3, -0.25) is 4.79 Å². The molecule has 0 saturated heterocycles. The molecule has 1 N–H and O–H groups in total. The molecular formula is C18H16ClNOS. The Labute approximate surface area is 138 Å². The number of hydrogen-bond acceptors (Lipinski definition) is 2. The van der Waals surface area contributed by atoms with E-state index < -0.39 is 0 Å². The van der Waals surface area contributed by atoms with Crippen molar-refractivity contribution in [2.75, 3.05) is 5.32 Å². The monoisotopic (exact) mass is 329 g/mol. The molecule has 0 saturated carbocycles. The van der Waals surface area contributed by atoms with Gasteiger partial charge in [0.1, 0.15) is 4.88 Å². The molecule has 0 radical (unpaired) electrons. The van der Waals surface area contributed by atoms with Crippen molar-refractivity contribution in [1.29, 1.82) is 0 Å². The second-order valence-corrected chi connectivity index (χ2v) is 6.59. The van der Waals surface area contributed by atoms with Crippen LogP contribution in [0.1, 0.15) is 27.7 Å². The maximum absolute atomic E-state index is 12.6. The molecule has 4 heteroatoms. The van der Waals surface area contributed by atoms with Crippen molar-refractivity contribution in [3.05, 3.63) is 63.5 Å². The fourth-order valence-corrected chi connectivity index (χ4v) is 3.94. The molecule has 0 unspecified atom stereocenters. The first-order chi connectivity index (χ1) is 10.6. The Hall–Kier alpha value is -1.84. The van der Waals surface area contributed by atoms with Crippen molar-refractivity contribution in [2.45, 2.75) is 20.3 Å². The van der Waals surface area contributed by atoms with E-state index in [4.69, 9.17) is 11.6 Å². The summed E-state index contributed by atoms with van der Waals surface area (Å²) in [6, 6.07) is 13.9. The molecule has 0 aliphatic carbocycles. The van der Waals surface area contributed by atoms with Crippen LogP contribution in [0.3, 0.4) is 0 Å². The molecule has 0 fully saturated rings. The number of halogens is 1. The first-order valence-electron chi connectivity index (χ1n) is 7.18. The Bertz CT molecular complexity index is 853. The molecule has 0 aliphatic rings. The van der Waals surface area contributed by atoms with Gasteiger partial charge in [-0.2, -0.15) is 0 Å². The molecule has 0 atom stereocenters. The Morgan fingerprint density at radius 3 is 2.68 bits per heavy atom. The zero-order valence-electron chi connectivity index (χ0n) is 12.4. The van der Waals surface area contributed by atoms with Crippen molar-refractivity contribution < 1.29 is 4.79 Å². The van der Waals surface area contributed by atoms with E-state index in [0.29, 0.717) is 9.90 Å². The van der Waals surface area contributed by atoms with E-state index in [1.54, 1.807) is 0 Å². The number of rotatable bonds is 3. The quantitative estimate of drug-likeness (QED) is 0.658. The number of carbonyl (C=O) groups excluding carboxylic acids is 1. The van der Waals surface area contributed by atoms with Gasteiger partial charge in [0.05, 0.1) is 5.02 Å². The number of carbonyl (C=O) groups is 1. The highest BCUT2D eigenvalue weighted by molar-refractivity contribution is 7.21. The third-order valence-electron chi connectivity index (χ3n) is 3.72. The van der Waals surface area contributed by atoms with Crippen molar-refractivity contribution >= 4 is 44.6 Å². The molecule has 1 amide bonds. The summed E-state index contributed by atoms with van der Waals surface area (Å²) >= 11 is 7.81. The van der Waals surface area contributed by atoms with Crippen LogP contribution in [0.15, 0.2) is 42.5 Å². The molecule has 2 nitrogen and oxygen atoms in total. The summed E-state index contributed by atoms with van der Waals surface area (Å²) in [6.07, 6.45) is 0.872. The summed E-state index contributed by atoms with van der Waals surface area (Å²) in [4.78, 5) is 13.2. The molecule has 0 bridgehead atoms. The van der Waals surface area contributed by atoms with Crippen LogP contribution in [0.25, 0.3) is 10.1 Å².